The van der Waals surface area contributed by atoms with Crippen LogP contribution in [0.2, 0.25) is 0 Å². The molecule has 2 heterocycles. The van der Waals surface area contributed by atoms with Gasteiger partial charge in [-0.15, -0.1) is 0 Å². The lowest BCUT2D eigenvalue weighted by Crippen LogP contribution is -2.55. The van der Waals surface area contributed by atoms with E-state index in [1.165, 1.54) is 0 Å². The molecule has 0 N–H and O–H groups in total. The Bertz CT molecular complexity index is 1300. The van der Waals surface area contributed by atoms with E-state index in [9.17, 15) is 14.4 Å². The zero-order chi connectivity index (χ0) is 25.8. The molecule has 0 spiro atoms. The number of aryl methyl sites for hydroxylation is 2. The summed E-state index contributed by atoms with van der Waals surface area (Å²) in [6, 6.07) is 13.3. The molecular weight excluding hydrogens is 456 g/mol. The number of amides is 2. The third-order valence-corrected chi connectivity index (χ3v) is 6.46. The van der Waals surface area contributed by atoms with Gasteiger partial charge in [0.15, 0.2) is 0 Å². The lowest BCUT2D eigenvalue weighted by Gasteiger charge is -2.40. The first-order valence-electron chi connectivity index (χ1n) is 12.5. The van der Waals surface area contributed by atoms with Gasteiger partial charge in [-0.05, 0) is 44.0 Å². The van der Waals surface area contributed by atoms with Crippen LogP contribution in [-0.2, 0) is 11.2 Å². The molecule has 2 aromatic carbocycles. The highest BCUT2D eigenvalue weighted by atomic mass is 16.5. The normalized spacial score (nSPS) is 15.7. The Morgan fingerprint density at radius 1 is 1.00 bits per heavy atom. The summed E-state index contributed by atoms with van der Waals surface area (Å²) in [5.74, 6) is -0.540. The molecule has 1 aliphatic heterocycles. The molecule has 1 fully saturated rings. The number of ether oxygens (including phenoxy) is 1. The Kier molecular flexibility index (Phi) is 7.62. The summed E-state index contributed by atoms with van der Waals surface area (Å²) in [4.78, 5) is 52.2. The first-order valence-corrected chi connectivity index (χ1v) is 12.5. The number of nitrogens with zero attached hydrogens (tertiary/aromatic N) is 4. The molecule has 2 amide bonds. The first kappa shape index (κ1) is 25.3. The fourth-order valence-electron chi connectivity index (χ4n) is 4.78. The third-order valence-electron chi connectivity index (χ3n) is 6.46. The quantitative estimate of drug-likeness (QED) is 0.486. The van der Waals surface area contributed by atoms with Crippen molar-refractivity contribution in [1.82, 2.24) is 19.8 Å². The number of aromatic nitrogens is 2. The molecular formula is C28H32N4O4. The molecule has 3 aromatic rings. The van der Waals surface area contributed by atoms with Crippen LogP contribution in [0.5, 0.6) is 0 Å². The van der Waals surface area contributed by atoms with Gasteiger partial charge in [-0.1, -0.05) is 49.7 Å². The fraction of sp³-hybridized carbons (Fsp3) is 0.393. The standard InChI is InChI=1S/C28H32N4O4/c1-5-10-23-24(28(35)36-6-2)25(30-19(4)29-23)27(34)31-15-16-32(18(3)17-31)26(33)22-14-9-12-20-11-7-8-13-21(20)22/h7-9,11-14,18H,5-6,10,15-17H2,1-4H3. The van der Waals surface area contributed by atoms with Gasteiger partial charge in [0.1, 0.15) is 17.1 Å². The highest BCUT2D eigenvalue weighted by Crippen LogP contribution is 2.24. The lowest BCUT2D eigenvalue weighted by molar-refractivity contribution is 0.0407. The molecule has 36 heavy (non-hydrogen) atoms. The highest BCUT2D eigenvalue weighted by Gasteiger charge is 2.34. The molecule has 0 bridgehead atoms. The monoisotopic (exact) mass is 488 g/mol. The van der Waals surface area contributed by atoms with E-state index in [0.29, 0.717) is 43.1 Å². The minimum Gasteiger partial charge on any atom is -0.462 e. The first-order chi connectivity index (χ1) is 17.3. The van der Waals surface area contributed by atoms with Crippen LogP contribution in [0.25, 0.3) is 10.8 Å². The van der Waals surface area contributed by atoms with E-state index in [-0.39, 0.29) is 35.7 Å². The molecule has 0 radical (unpaired) electrons. The minimum absolute atomic E-state index is 0.0540. The summed E-state index contributed by atoms with van der Waals surface area (Å²) in [6.07, 6.45) is 1.31. The number of carbonyl (C=O) groups is 3. The molecule has 1 unspecified atom stereocenters. The predicted octanol–water partition coefficient (Wildman–Crippen LogP) is 4.05. The molecule has 0 saturated carbocycles. The van der Waals surface area contributed by atoms with Gasteiger partial charge in [-0.25, -0.2) is 14.8 Å². The molecule has 0 aliphatic carbocycles. The Balaban J connectivity index is 1.59. The smallest absolute Gasteiger partial charge is 0.342 e. The number of esters is 1. The van der Waals surface area contributed by atoms with Gasteiger partial charge >= 0.3 is 5.97 Å². The van der Waals surface area contributed by atoms with Crippen molar-refractivity contribution in [3.8, 4) is 0 Å². The van der Waals surface area contributed by atoms with Gasteiger partial charge in [-0.2, -0.15) is 0 Å². The molecule has 1 saturated heterocycles. The SMILES string of the molecule is CCCc1nc(C)nc(C(=O)N2CCN(C(=O)c3cccc4ccccc34)C(C)C2)c1C(=O)OCC. The van der Waals surface area contributed by atoms with Gasteiger partial charge in [0.2, 0.25) is 0 Å². The maximum Gasteiger partial charge on any atom is 0.342 e. The zero-order valence-electron chi connectivity index (χ0n) is 21.3. The number of piperazine rings is 1. The zero-order valence-corrected chi connectivity index (χ0v) is 21.3. The largest absolute Gasteiger partial charge is 0.462 e. The number of carbonyl (C=O) groups excluding carboxylic acids is 3. The van der Waals surface area contributed by atoms with E-state index in [0.717, 1.165) is 17.2 Å². The van der Waals surface area contributed by atoms with Crippen molar-refractivity contribution in [3.05, 3.63) is 70.8 Å². The van der Waals surface area contributed by atoms with E-state index in [2.05, 4.69) is 9.97 Å². The third kappa shape index (κ3) is 4.94. The van der Waals surface area contributed by atoms with Crippen molar-refractivity contribution in [2.75, 3.05) is 26.2 Å². The molecule has 8 heteroatoms. The van der Waals surface area contributed by atoms with Crippen LogP contribution < -0.4 is 0 Å². The number of hydrogen-bond donors (Lipinski definition) is 0. The minimum atomic E-state index is -0.581. The van der Waals surface area contributed by atoms with E-state index in [4.69, 9.17) is 4.74 Å². The molecule has 1 atom stereocenters. The number of fused-ring (bicyclic) bond motifs is 1. The van der Waals surface area contributed by atoms with E-state index in [1.54, 1.807) is 18.7 Å². The van der Waals surface area contributed by atoms with Crippen molar-refractivity contribution < 1.29 is 19.1 Å². The molecule has 188 valence electrons. The number of rotatable bonds is 6. The Hall–Kier alpha value is -3.81. The van der Waals surface area contributed by atoms with Gasteiger partial charge in [-0.3, -0.25) is 9.59 Å². The van der Waals surface area contributed by atoms with E-state index < -0.39 is 5.97 Å². The van der Waals surface area contributed by atoms with Crippen molar-refractivity contribution in [3.63, 3.8) is 0 Å². The van der Waals surface area contributed by atoms with E-state index >= 15 is 0 Å². The van der Waals surface area contributed by atoms with Crippen LogP contribution in [0.15, 0.2) is 42.5 Å². The summed E-state index contributed by atoms with van der Waals surface area (Å²) in [5, 5.41) is 1.92. The Morgan fingerprint density at radius 2 is 1.75 bits per heavy atom. The van der Waals surface area contributed by atoms with Crippen molar-refractivity contribution in [1.29, 1.82) is 0 Å². The molecule has 1 aromatic heterocycles. The average Bonchev–Trinajstić information content (AvgIpc) is 2.87. The Morgan fingerprint density at radius 3 is 2.47 bits per heavy atom. The maximum atomic E-state index is 13.6. The van der Waals surface area contributed by atoms with E-state index in [1.807, 2.05) is 61.2 Å². The Labute approximate surface area is 211 Å². The summed E-state index contributed by atoms with van der Waals surface area (Å²) < 4.78 is 5.24. The van der Waals surface area contributed by atoms with Crippen LogP contribution in [0.3, 0.4) is 0 Å². The molecule has 8 nitrogen and oxygen atoms in total. The highest BCUT2D eigenvalue weighted by molar-refractivity contribution is 6.07. The van der Waals surface area contributed by atoms with Gasteiger partial charge in [0, 0.05) is 31.2 Å². The second-order valence-electron chi connectivity index (χ2n) is 9.04. The van der Waals surface area contributed by atoms with Crippen molar-refractivity contribution >= 4 is 28.6 Å². The average molecular weight is 489 g/mol. The maximum absolute atomic E-state index is 13.6. The predicted molar refractivity (Wildman–Crippen MR) is 137 cm³/mol. The van der Waals surface area contributed by atoms with Crippen LogP contribution in [0.4, 0.5) is 0 Å². The topological polar surface area (TPSA) is 92.7 Å². The van der Waals surface area contributed by atoms with Gasteiger partial charge < -0.3 is 14.5 Å². The number of benzene rings is 2. The summed E-state index contributed by atoms with van der Waals surface area (Å²) in [6.45, 7) is 8.62. The summed E-state index contributed by atoms with van der Waals surface area (Å²) in [5.41, 5.74) is 1.41. The van der Waals surface area contributed by atoms with Gasteiger partial charge in [0.25, 0.3) is 11.8 Å². The molecule has 1 aliphatic rings. The summed E-state index contributed by atoms with van der Waals surface area (Å²) >= 11 is 0. The van der Waals surface area contributed by atoms with Crippen LogP contribution in [0, 0.1) is 6.92 Å². The molecule has 4 rings (SSSR count). The van der Waals surface area contributed by atoms with Gasteiger partial charge in [0.05, 0.1) is 12.3 Å². The lowest BCUT2D eigenvalue weighted by atomic mass is 10.0. The fourth-order valence-corrected chi connectivity index (χ4v) is 4.78. The van der Waals surface area contributed by atoms with Crippen molar-refractivity contribution in [2.45, 2.75) is 46.6 Å². The van der Waals surface area contributed by atoms with Crippen LogP contribution in [-0.4, -0.2) is 69.8 Å². The second-order valence-corrected chi connectivity index (χ2v) is 9.04. The second kappa shape index (κ2) is 10.8. The van der Waals surface area contributed by atoms with Crippen LogP contribution in [0.1, 0.15) is 69.9 Å². The summed E-state index contributed by atoms with van der Waals surface area (Å²) in [7, 11) is 0. The van der Waals surface area contributed by atoms with Crippen molar-refractivity contribution in [2.24, 2.45) is 0 Å². The van der Waals surface area contributed by atoms with Crippen LogP contribution >= 0.6 is 0 Å². The number of hydrogen-bond acceptors (Lipinski definition) is 6.